The Labute approximate surface area is 104 Å². The number of carbonyl (C=O) groups excluding carboxylic acids is 1. The lowest BCUT2D eigenvalue weighted by molar-refractivity contribution is -0.0668. The molecule has 18 heavy (non-hydrogen) atoms. The van der Waals surface area contributed by atoms with Crippen LogP contribution in [0.2, 0.25) is 0 Å². The van der Waals surface area contributed by atoms with Crippen molar-refractivity contribution in [2.24, 2.45) is 0 Å². The summed E-state index contributed by atoms with van der Waals surface area (Å²) in [5.41, 5.74) is 1.31. The zero-order valence-electron chi connectivity index (χ0n) is 10.00. The molecule has 1 N–H and O–H groups in total. The fourth-order valence-electron chi connectivity index (χ4n) is 2.20. The molecule has 1 aromatic carbocycles. The van der Waals surface area contributed by atoms with Crippen molar-refractivity contribution in [2.75, 3.05) is 13.1 Å². The van der Waals surface area contributed by atoms with Gasteiger partial charge in [0.05, 0.1) is 29.7 Å². The molecule has 1 aliphatic rings. The van der Waals surface area contributed by atoms with Crippen molar-refractivity contribution in [2.45, 2.75) is 12.5 Å². The molecular formula is C13H13N3O2. The van der Waals surface area contributed by atoms with Gasteiger partial charge in [-0.1, -0.05) is 0 Å². The summed E-state index contributed by atoms with van der Waals surface area (Å²) in [6.07, 6.45) is 3.22. The first-order valence-electron chi connectivity index (χ1n) is 5.78. The van der Waals surface area contributed by atoms with Gasteiger partial charge in [0.25, 0.3) is 5.91 Å². The van der Waals surface area contributed by atoms with Gasteiger partial charge < -0.3 is 10.0 Å². The van der Waals surface area contributed by atoms with Crippen molar-refractivity contribution in [3.05, 3.63) is 36.2 Å². The Hall–Kier alpha value is -2.01. The van der Waals surface area contributed by atoms with E-state index < -0.39 is 5.60 Å². The van der Waals surface area contributed by atoms with Crippen LogP contribution < -0.4 is 0 Å². The van der Waals surface area contributed by atoms with E-state index in [1.54, 1.807) is 42.4 Å². The Morgan fingerprint density at radius 3 is 2.61 bits per heavy atom. The van der Waals surface area contributed by atoms with Gasteiger partial charge in [0.1, 0.15) is 0 Å². The summed E-state index contributed by atoms with van der Waals surface area (Å²) in [7, 11) is 0. The third kappa shape index (κ3) is 1.82. The van der Waals surface area contributed by atoms with Gasteiger partial charge >= 0.3 is 0 Å². The summed E-state index contributed by atoms with van der Waals surface area (Å²) in [4.78, 5) is 22.1. The number of carbonyl (C=O) groups is 1. The molecule has 0 saturated carbocycles. The molecule has 2 heterocycles. The quantitative estimate of drug-likeness (QED) is 0.806. The van der Waals surface area contributed by atoms with Crippen LogP contribution in [0.1, 0.15) is 17.3 Å². The number of aliphatic hydroxyl groups is 1. The van der Waals surface area contributed by atoms with Crippen molar-refractivity contribution < 1.29 is 9.90 Å². The molecule has 0 spiro atoms. The van der Waals surface area contributed by atoms with E-state index in [1.165, 1.54) is 0 Å². The smallest absolute Gasteiger partial charge is 0.254 e. The number of hydrogen-bond acceptors (Lipinski definition) is 4. The Bertz CT molecular complexity index is 616. The predicted molar refractivity (Wildman–Crippen MR) is 66.1 cm³/mol. The van der Waals surface area contributed by atoms with Crippen molar-refractivity contribution in [3.8, 4) is 0 Å². The van der Waals surface area contributed by atoms with E-state index in [2.05, 4.69) is 9.97 Å². The molecule has 1 fully saturated rings. The highest BCUT2D eigenvalue weighted by atomic mass is 16.3. The van der Waals surface area contributed by atoms with Crippen LogP contribution in [-0.2, 0) is 0 Å². The maximum absolute atomic E-state index is 12.1. The van der Waals surface area contributed by atoms with Crippen molar-refractivity contribution in [3.63, 3.8) is 0 Å². The third-order valence-corrected chi connectivity index (χ3v) is 3.07. The van der Waals surface area contributed by atoms with Gasteiger partial charge in [-0.2, -0.15) is 0 Å². The summed E-state index contributed by atoms with van der Waals surface area (Å²) in [6, 6.07) is 5.26. The third-order valence-electron chi connectivity index (χ3n) is 3.07. The number of amides is 1. The van der Waals surface area contributed by atoms with E-state index in [4.69, 9.17) is 0 Å². The van der Waals surface area contributed by atoms with Crippen molar-refractivity contribution in [1.82, 2.24) is 14.9 Å². The zero-order valence-corrected chi connectivity index (χ0v) is 10.00. The molecule has 0 aliphatic carbocycles. The second-order valence-corrected chi connectivity index (χ2v) is 4.92. The van der Waals surface area contributed by atoms with Crippen molar-refractivity contribution >= 4 is 16.9 Å². The summed E-state index contributed by atoms with van der Waals surface area (Å²) in [5.74, 6) is -0.0749. The highest BCUT2D eigenvalue weighted by Crippen LogP contribution is 2.22. The molecule has 0 radical (unpaired) electrons. The minimum Gasteiger partial charge on any atom is -0.386 e. The van der Waals surface area contributed by atoms with E-state index in [9.17, 15) is 9.90 Å². The van der Waals surface area contributed by atoms with Gasteiger partial charge in [-0.25, -0.2) is 0 Å². The molecule has 0 bridgehead atoms. The Morgan fingerprint density at radius 2 is 1.94 bits per heavy atom. The lowest BCUT2D eigenvalue weighted by Crippen LogP contribution is -2.61. The monoisotopic (exact) mass is 243 g/mol. The molecule has 1 aromatic heterocycles. The van der Waals surface area contributed by atoms with E-state index in [-0.39, 0.29) is 5.91 Å². The summed E-state index contributed by atoms with van der Waals surface area (Å²) in [5, 5.41) is 9.63. The fourth-order valence-corrected chi connectivity index (χ4v) is 2.20. The van der Waals surface area contributed by atoms with Gasteiger partial charge in [-0.05, 0) is 25.1 Å². The highest BCUT2D eigenvalue weighted by molar-refractivity contribution is 5.97. The standard InChI is InChI=1S/C13H13N3O2/c1-13(18)7-16(8-13)12(17)9-2-3-10-11(6-9)15-5-4-14-10/h2-6,18H,7-8H2,1H3. The van der Waals surface area contributed by atoms with Crippen LogP contribution in [0.5, 0.6) is 0 Å². The van der Waals surface area contributed by atoms with E-state index in [0.29, 0.717) is 24.2 Å². The minimum atomic E-state index is -0.744. The predicted octanol–water partition coefficient (Wildman–Crippen LogP) is 0.837. The van der Waals surface area contributed by atoms with Crippen molar-refractivity contribution in [1.29, 1.82) is 0 Å². The zero-order chi connectivity index (χ0) is 12.8. The number of β-amino-alcohol motifs (C(OH)–C–C–N with tert-alkyl or cyclic N) is 1. The number of nitrogens with zero attached hydrogens (tertiary/aromatic N) is 3. The van der Waals surface area contributed by atoms with Crippen LogP contribution in [-0.4, -0.2) is 44.6 Å². The first kappa shape index (κ1) is 11.1. The molecule has 5 heteroatoms. The number of benzene rings is 1. The number of hydrogen-bond donors (Lipinski definition) is 1. The molecular weight excluding hydrogens is 230 g/mol. The fraction of sp³-hybridized carbons (Fsp3) is 0.308. The molecule has 3 rings (SSSR count). The van der Waals surface area contributed by atoms with Crippen LogP contribution in [0, 0.1) is 0 Å². The van der Waals surface area contributed by atoms with Crippen LogP contribution in [0.3, 0.4) is 0 Å². The van der Waals surface area contributed by atoms with Gasteiger partial charge in [0, 0.05) is 18.0 Å². The van der Waals surface area contributed by atoms with Crippen LogP contribution in [0.15, 0.2) is 30.6 Å². The van der Waals surface area contributed by atoms with Crippen LogP contribution >= 0.6 is 0 Å². The minimum absolute atomic E-state index is 0.0749. The first-order chi connectivity index (χ1) is 8.55. The molecule has 5 nitrogen and oxygen atoms in total. The summed E-state index contributed by atoms with van der Waals surface area (Å²) >= 11 is 0. The molecule has 1 aliphatic heterocycles. The maximum Gasteiger partial charge on any atom is 0.254 e. The second-order valence-electron chi connectivity index (χ2n) is 4.92. The number of likely N-dealkylation sites (tertiary alicyclic amines) is 1. The molecule has 1 saturated heterocycles. The molecule has 2 aromatic rings. The largest absolute Gasteiger partial charge is 0.386 e. The topological polar surface area (TPSA) is 66.3 Å². The molecule has 1 amide bonds. The van der Waals surface area contributed by atoms with Gasteiger partial charge in [-0.15, -0.1) is 0 Å². The summed E-state index contributed by atoms with van der Waals surface area (Å²) in [6.45, 7) is 2.48. The second kappa shape index (κ2) is 3.74. The van der Waals surface area contributed by atoms with E-state index >= 15 is 0 Å². The van der Waals surface area contributed by atoms with E-state index in [1.807, 2.05) is 0 Å². The SMILES string of the molecule is CC1(O)CN(C(=O)c2ccc3nccnc3c2)C1. The highest BCUT2D eigenvalue weighted by Gasteiger charge is 2.39. The average Bonchev–Trinajstić information content (AvgIpc) is 2.34. The lowest BCUT2D eigenvalue weighted by Gasteiger charge is -2.44. The van der Waals surface area contributed by atoms with Gasteiger partial charge in [-0.3, -0.25) is 14.8 Å². The van der Waals surface area contributed by atoms with Gasteiger partial charge in [0.15, 0.2) is 0 Å². The number of rotatable bonds is 1. The van der Waals surface area contributed by atoms with E-state index in [0.717, 1.165) is 5.52 Å². The lowest BCUT2D eigenvalue weighted by atomic mass is 9.96. The van der Waals surface area contributed by atoms with Crippen LogP contribution in [0.25, 0.3) is 11.0 Å². The molecule has 0 atom stereocenters. The number of aromatic nitrogens is 2. The average molecular weight is 243 g/mol. The molecule has 0 unspecified atom stereocenters. The summed E-state index contributed by atoms with van der Waals surface area (Å²) < 4.78 is 0. The number of fused-ring (bicyclic) bond motifs is 1. The normalized spacial score (nSPS) is 17.6. The van der Waals surface area contributed by atoms with Gasteiger partial charge in [0.2, 0.25) is 0 Å². The Balaban J connectivity index is 1.88. The Kier molecular flexibility index (Phi) is 2.31. The van der Waals surface area contributed by atoms with Crippen LogP contribution in [0.4, 0.5) is 0 Å². The molecule has 92 valence electrons. The first-order valence-corrected chi connectivity index (χ1v) is 5.78. The Morgan fingerprint density at radius 1 is 1.28 bits per heavy atom. The maximum atomic E-state index is 12.1.